The van der Waals surface area contributed by atoms with E-state index in [1.54, 1.807) is 6.92 Å². The Balaban J connectivity index is 0.000000975. The number of halogens is 3. The smallest absolute Gasteiger partial charge is 0.369 e. The van der Waals surface area contributed by atoms with Crippen LogP contribution in [0.5, 0.6) is 0 Å². The molecule has 2 aromatic heterocycles. The summed E-state index contributed by atoms with van der Waals surface area (Å²) in [5.74, 6) is -0.550. The van der Waals surface area contributed by atoms with E-state index in [0.29, 0.717) is 24.0 Å². The van der Waals surface area contributed by atoms with E-state index in [-0.39, 0.29) is 5.95 Å². The Morgan fingerprint density at radius 1 is 1.00 bits per heavy atom. The first kappa shape index (κ1) is 34.5. The average molecular weight is 573 g/mol. The molecular formula is C27H43F3N6O2S. The summed E-state index contributed by atoms with van der Waals surface area (Å²) in [5, 5.41) is 25.9. The lowest BCUT2D eigenvalue weighted by Crippen LogP contribution is -2.24. The third-order valence-corrected chi connectivity index (χ3v) is 6.20. The summed E-state index contributed by atoms with van der Waals surface area (Å²) in [6, 6.07) is 7.80. The maximum Gasteiger partial charge on any atom is 0.405 e. The van der Waals surface area contributed by atoms with Gasteiger partial charge in [-0.2, -0.15) is 18.2 Å². The van der Waals surface area contributed by atoms with Crippen LogP contribution in [0.3, 0.4) is 0 Å². The van der Waals surface area contributed by atoms with E-state index in [1.807, 2.05) is 38.1 Å². The van der Waals surface area contributed by atoms with Crippen molar-refractivity contribution in [2.24, 2.45) is 5.92 Å². The molecule has 0 fully saturated rings. The fourth-order valence-corrected chi connectivity index (χ4v) is 4.45. The number of hydrogen-bond donors (Lipinski definition) is 5. The first-order chi connectivity index (χ1) is 18.3. The molecule has 1 aromatic carbocycles. The van der Waals surface area contributed by atoms with E-state index in [2.05, 4.69) is 39.8 Å². The predicted octanol–water partition coefficient (Wildman–Crippen LogP) is 6.21. The van der Waals surface area contributed by atoms with Crippen molar-refractivity contribution in [1.82, 2.24) is 20.3 Å². The van der Waals surface area contributed by atoms with E-state index in [1.165, 1.54) is 25.2 Å². The van der Waals surface area contributed by atoms with Gasteiger partial charge in [-0.05, 0) is 58.3 Å². The van der Waals surface area contributed by atoms with Gasteiger partial charge in [-0.1, -0.05) is 46.2 Å². The molecule has 12 heteroatoms. The van der Waals surface area contributed by atoms with Gasteiger partial charge < -0.3 is 26.2 Å². The minimum absolute atomic E-state index is 0.0492. The summed E-state index contributed by atoms with van der Waals surface area (Å²) in [6.07, 6.45) is -2.39. The molecule has 220 valence electrons. The van der Waals surface area contributed by atoms with Gasteiger partial charge in [0.25, 0.3) is 0 Å². The van der Waals surface area contributed by atoms with Crippen LogP contribution in [-0.4, -0.2) is 63.3 Å². The molecule has 0 radical (unpaired) electrons. The molecule has 0 amide bonds. The normalized spacial score (nSPS) is 12.2. The standard InChI is InChI=1S/C22H29F3N6S.C3H8O2.C2H6/c1-4-15(12-26-5-2)10-11-27-19-18(20-30-16-8-6-7-9-17(16)32-20)14(3)29-21(31-19)28-13-22(23,24)25;1-3(2,4)5;1-2/h6-9,15,26H,4-5,10-13H2,1-3H3,(H2,27,28,29,31);4-5H,1-2H3;1-2H3. The maximum absolute atomic E-state index is 12.7. The molecule has 0 aliphatic heterocycles. The van der Waals surface area contributed by atoms with Crippen LogP contribution in [0.2, 0.25) is 0 Å². The van der Waals surface area contributed by atoms with E-state index >= 15 is 0 Å². The van der Waals surface area contributed by atoms with Crippen LogP contribution in [-0.2, 0) is 0 Å². The second kappa shape index (κ2) is 16.5. The Bertz CT molecular complexity index is 1080. The molecule has 2 heterocycles. The number of aryl methyl sites for hydroxylation is 1. The molecule has 0 aliphatic rings. The van der Waals surface area contributed by atoms with Crippen molar-refractivity contribution in [3.63, 3.8) is 0 Å². The van der Waals surface area contributed by atoms with Crippen LogP contribution >= 0.6 is 11.3 Å². The Kier molecular flexibility index (Phi) is 14.6. The van der Waals surface area contributed by atoms with E-state index in [4.69, 9.17) is 15.2 Å². The van der Waals surface area contributed by atoms with Crippen LogP contribution in [0.1, 0.15) is 60.1 Å². The Hall–Kier alpha value is -2.54. The molecule has 39 heavy (non-hydrogen) atoms. The number of benzene rings is 1. The highest BCUT2D eigenvalue weighted by Gasteiger charge is 2.27. The molecule has 3 rings (SSSR count). The summed E-state index contributed by atoms with van der Waals surface area (Å²) in [7, 11) is 0. The Morgan fingerprint density at radius 3 is 2.21 bits per heavy atom. The maximum atomic E-state index is 12.7. The Morgan fingerprint density at radius 2 is 1.64 bits per heavy atom. The van der Waals surface area contributed by atoms with Gasteiger partial charge in [-0.25, -0.2) is 9.97 Å². The lowest BCUT2D eigenvalue weighted by Gasteiger charge is -2.18. The summed E-state index contributed by atoms with van der Waals surface area (Å²) in [6.45, 7) is 13.9. The van der Waals surface area contributed by atoms with Crippen molar-refractivity contribution in [2.45, 2.75) is 73.3 Å². The highest BCUT2D eigenvalue weighted by atomic mass is 32.1. The monoisotopic (exact) mass is 572 g/mol. The van der Waals surface area contributed by atoms with E-state index in [9.17, 15) is 13.2 Å². The van der Waals surface area contributed by atoms with Crippen molar-refractivity contribution in [3.8, 4) is 10.6 Å². The molecule has 5 N–H and O–H groups in total. The highest BCUT2D eigenvalue weighted by Crippen LogP contribution is 2.36. The minimum atomic E-state index is -4.35. The van der Waals surface area contributed by atoms with Gasteiger partial charge in [-0.3, -0.25) is 0 Å². The molecule has 0 saturated carbocycles. The third kappa shape index (κ3) is 13.4. The number of thiazole rings is 1. The molecule has 3 aromatic rings. The highest BCUT2D eigenvalue weighted by molar-refractivity contribution is 7.21. The minimum Gasteiger partial charge on any atom is -0.369 e. The zero-order valence-electron chi connectivity index (χ0n) is 23.9. The van der Waals surface area contributed by atoms with Crippen LogP contribution in [0.25, 0.3) is 20.8 Å². The molecule has 1 atom stereocenters. The van der Waals surface area contributed by atoms with Gasteiger partial charge >= 0.3 is 6.18 Å². The number of rotatable bonds is 11. The molecule has 1 unspecified atom stereocenters. The third-order valence-electron chi connectivity index (χ3n) is 5.15. The van der Waals surface area contributed by atoms with Gasteiger partial charge in [0.2, 0.25) is 5.95 Å². The first-order valence-corrected chi connectivity index (χ1v) is 14.1. The van der Waals surface area contributed by atoms with Crippen molar-refractivity contribution >= 4 is 33.3 Å². The zero-order chi connectivity index (χ0) is 29.6. The number of hydrogen-bond acceptors (Lipinski definition) is 9. The topological polar surface area (TPSA) is 115 Å². The van der Waals surface area contributed by atoms with Gasteiger partial charge in [0.1, 0.15) is 17.4 Å². The van der Waals surface area contributed by atoms with E-state index in [0.717, 1.165) is 46.7 Å². The fraction of sp³-hybridized carbons (Fsp3) is 0.593. The van der Waals surface area contributed by atoms with Gasteiger partial charge in [0.05, 0.1) is 21.5 Å². The van der Waals surface area contributed by atoms with Crippen molar-refractivity contribution in [1.29, 1.82) is 0 Å². The molecular weight excluding hydrogens is 529 g/mol. The first-order valence-electron chi connectivity index (χ1n) is 13.2. The second-order valence-electron chi connectivity index (χ2n) is 9.10. The van der Waals surface area contributed by atoms with Crippen LogP contribution in [0.4, 0.5) is 24.9 Å². The summed E-state index contributed by atoms with van der Waals surface area (Å²) in [4.78, 5) is 13.4. The van der Waals surface area contributed by atoms with Gasteiger partial charge in [0, 0.05) is 6.54 Å². The zero-order valence-corrected chi connectivity index (χ0v) is 24.7. The van der Waals surface area contributed by atoms with Crippen molar-refractivity contribution in [3.05, 3.63) is 30.0 Å². The molecule has 0 bridgehead atoms. The quantitative estimate of drug-likeness (QED) is 0.172. The number of anilines is 2. The van der Waals surface area contributed by atoms with Crippen molar-refractivity contribution < 1.29 is 23.4 Å². The number of aromatic nitrogens is 3. The number of nitrogens with zero attached hydrogens (tertiary/aromatic N) is 3. The number of para-hydroxylation sites is 1. The van der Waals surface area contributed by atoms with Crippen LogP contribution in [0, 0.1) is 12.8 Å². The predicted molar refractivity (Wildman–Crippen MR) is 155 cm³/mol. The van der Waals surface area contributed by atoms with Crippen LogP contribution in [0.15, 0.2) is 24.3 Å². The van der Waals surface area contributed by atoms with Gasteiger partial charge in [0.15, 0.2) is 5.79 Å². The number of alkyl halides is 3. The van der Waals surface area contributed by atoms with Crippen molar-refractivity contribution in [2.75, 3.05) is 36.8 Å². The van der Waals surface area contributed by atoms with Gasteiger partial charge in [-0.15, -0.1) is 11.3 Å². The lowest BCUT2D eigenvalue weighted by molar-refractivity contribution is -0.127. The van der Waals surface area contributed by atoms with Crippen LogP contribution < -0.4 is 16.0 Å². The summed E-state index contributed by atoms with van der Waals surface area (Å²) < 4.78 is 39.1. The SMILES string of the molecule is CC.CC(C)(O)O.CCNCC(CC)CCNc1nc(NCC(F)(F)F)nc(C)c1-c1nc2ccccc2s1. The number of fused-ring (bicyclic) bond motifs is 1. The average Bonchev–Trinajstić information content (AvgIpc) is 3.28. The molecule has 0 spiro atoms. The summed E-state index contributed by atoms with van der Waals surface area (Å²) in [5.41, 5.74) is 2.17. The fourth-order valence-electron chi connectivity index (χ4n) is 3.39. The number of aliphatic hydroxyl groups is 2. The molecule has 0 aliphatic carbocycles. The lowest BCUT2D eigenvalue weighted by atomic mass is 10.0. The largest absolute Gasteiger partial charge is 0.405 e. The number of nitrogens with one attached hydrogen (secondary N) is 3. The second-order valence-corrected chi connectivity index (χ2v) is 10.1. The Labute approximate surface area is 233 Å². The summed E-state index contributed by atoms with van der Waals surface area (Å²) >= 11 is 1.52. The molecule has 0 saturated heterocycles. The molecule has 8 nitrogen and oxygen atoms in total. The van der Waals surface area contributed by atoms with E-state index < -0.39 is 18.5 Å².